The number of rotatable bonds is 2. The molecular weight excluding hydrogens is 300 g/mol. The Labute approximate surface area is 138 Å². The monoisotopic (exact) mass is 314 g/mol. The smallest absolute Gasteiger partial charge is 0.132 e. The summed E-state index contributed by atoms with van der Waals surface area (Å²) in [5, 5.41) is 1.69. The fourth-order valence-corrected chi connectivity index (χ4v) is 2.71. The summed E-state index contributed by atoms with van der Waals surface area (Å²) in [7, 11) is 0. The first-order chi connectivity index (χ1) is 11.7. The van der Waals surface area contributed by atoms with Crippen LogP contribution in [0.1, 0.15) is 0 Å². The Morgan fingerprint density at radius 3 is 2.54 bits per heavy atom. The van der Waals surface area contributed by atoms with Crippen LogP contribution in [0.25, 0.3) is 33.4 Å². The van der Waals surface area contributed by atoms with Gasteiger partial charge in [0.05, 0.1) is 17.1 Å². The first-order valence-electron chi connectivity index (χ1n) is 7.40. The third-order valence-electron chi connectivity index (χ3n) is 3.85. The van der Waals surface area contributed by atoms with Crippen LogP contribution in [0, 0.1) is 0 Å². The van der Waals surface area contributed by atoms with Gasteiger partial charge in [0.15, 0.2) is 0 Å². The summed E-state index contributed by atoms with van der Waals surface area (Å²) in [5.74, 6) is 0.425. The van der Waals surface area contributed by atoms with Crippen LogP contribution >= 0.6 is 0 Å². The van der Waals surface area contributed by atoms with Gasteiger partial charge in [-0.3, -0.25) is 4.98 Å². The molecule has 0 radical (unpaired) electrons. The Morgan fingerprint density at radius 2 is 1.71 bits per heavy atom. The second-order valence-corrected chi connectivity index (χ2v) is 5.33. The summed E-state index contributed by atoms with van der Waals surface area (Å²) in [6, 6.07) is 13.2. The van der Waals surface area contributed by atoms with Crippen LogP contribution in [-0.2, 0) is 0 Å². The molecule has 116 valence electrons. The predicted octanol–water partition coefficient (Wildman–Crippen LogP) is 2.92. The number of nitrogens with zero attached hydrogens (tertiary/aromatic N) is 4. The zero-order chi connectivity index (χ0) is 16.5. The largest absolute Gasteiger partial charge is 0.398 e. The van der Waals surface area contributed by atoms with Gasteiger partial charge in [0.2, 0.25) is 0 Å². The van der Waals surface area contributed by atoms with Crippen LogP contribution in [0.5, 0.6) is 0 Å². The number of pyridine rings is 2. The van der Waals surface area contributed by atoms with Crippen LogP contribution in [0.15, 0.2) is 61.2 Å². The summed E-state index contributed by atoms with van der Waals surface area (Å²) in [5.41, 5.74) is 15.9. The van der Waals surface area contributed by atoms with Gasteiger partial charge in [-0.05, 0) is 30.3 Å². The number of anilines is 2. The van der Waals surface area contributed by atoms with Gasteiger partial charge in [-0.25, -0.2) is 15.0 Å². The quantitative estimate of drug-likeness (QED) is 0.551. The van der Waals surface area contributed by atoms with Crippen molar-refractivity contribution in [2.75, 3.05) is 11.5 Å². The van der Waals surface area contributed by atoms with Gasteiger partial charge in [0.25, 0.3) is 0 Å². The molecule has 4 N–H and O–H groups in total. The van der Waals surface area contributed by atoms with Crippen LogP contribution < -0.4 is 11.5 Å². The van der Waals surface area contributed by atoms with Crippen LogP contribution in [0.2, 0.25) is 0 Å². The number of nitrogen functional groups attached to an aromatic ring is 2. The van der Waals surface area contributed by atoms with Crippen LogP contribution in [0.4, 0.5) is 11.5 Å². The zero-order valence-corrected chi connectivity index (χ0v) is 12.7. The molecule has 0 amide bonds. The van der Waals surface area contributed by atoms with E-state index in [4.69, 9.17) is 11.5 Å². The average Bonchev–Trinajstić information content (AvgIpc) is 2.63. The molecule has 3 aromatic heterocycles. The molecule has 0 aliphatic rings. The molecule has 0 aliphatic carbocycles. The molecule has 3 heterocycles. The number of nitrogens with two attached hydrogens (primary N) is 2. The Morgan fingerprint density at radius 1 is 0.792 bits per heavy atom. The van der Waals surface area contributed by atoms with Crippen molar-refractivity contribution < 1.29 is 0 Å². The van der Waals surface area contributed by atoms with E-state index in [0.717, 1.165) is 22.0 Å². The lowest BCUT2D eigenvalue weighted by atomic mass is 10.0. The lowest BCUT2D eigenvalue weighted by Gasteiger charge is -2.11. The van der Waals surface area contributed by atoms with Crippen molar-refractivity contribution in [3.05, 3.63) is 61.2 Å². The van der Waals surface area contributed by atoms with Crippen molar-refractivity contribution in [3.8, 4) is 22.6 Å². The van der Waals surface area contributed by atoms with Gasteiger partial charge in [-0.1, -0.05) is 12.1 Å². The standard InChI is InChI=1S/C18H14N6/c19-14-5-1-3-11-13(14)9-16(24-18(11)20)17-12(4-2-7-22-17)15-6-8-21-10-23-15/h1-10H,19H2,(H2,20,24). The second kappa shape index (κ2) is 5.58. The third kappa shape index (κ3) is 2.30. The summed E-state index contributed by atoms with van der Waals surface area (Å²) < 4.78 is 0. The molecule has 0 saturated heterocycles. The number of aromatic nitrogens is 4. The maximum atomic E-state index is 6.13. The fraction of sp³-hybridized carbons (Fsp3) is 0. The van der Waals surface area contributed by atoms with Crippen molar-refractivity contribution in [2.45, 2.75) is 0 Å². The summed E-state index contributed by atoms with van der Waals surface area (Å²) in [6.07, 6.45) is 4.92. The van der Waals surface area contributed by atoms with E-state index in [1.165, 1.54) is 6.33 Å². The van der Waals surface area contributed by atoms with Crippen LogP contribution in [0.3, 0.4) is 0 Å². The molecule has 4 aromatic rings. The normalized spacial score (nSPS) is 10.8. The lowest BCUT2D eigenvalue weighted by Crippen LogP contribution is -1.99. The van der Waals surface area contributed by atoms with E-state index in [0.29, 0.717) is 22.9 Å². The molecule has 24 heavy (non-hydrogen) atoms. The van der Waals surface area contributed by atoms with Crippen LogP contribution in [-0.4, -0.2) is 19.9 Å². The summed E-state index contributed by atoms with van der Waals surface area (Å²) >= 11 is 0. The van der Waals surface area contributed by atoms with Gasteiger partial charge in [-0.15, -0.1) is 0 Å². The molecule has 0 saturated carbocycles. The molecule has 4 rings (SSSR count). The first kappa shape index (κ1) is 14.1. The Hall–Kier alpha value is -3.54. The van der Waals surface area contributed by atoms with Gasteiger partial charge >= 0.3 is 0 Å². The zero-order valence-electron chi connectivity index (χ0n) is 12.7. The van der Waals surface area contributed by atoms with Gasteiger partial charge in [-0.2, -0.15) is 0 Å². The highest BCUT2D eigenvalue weighted by molar-refractivity contribution is 6.01. The second-order valence-electron chi connectivity index (χ2n) is 5.33. The number of fused-ring (bicyclic) bond motifs is 1. The minimum atomic E-state index is 0.425. The molecule has 0 atom stereocenters. The lowest BCUT2D eigenvalue weighted by molar-refractivity contribution is 1.16. The highest BCUT2D eigenvalue weighted by Gasteiger charge is 2.13. The Kier molecular flexibility index (Phi) is 3.28. The predicted molar refractivity (Wildman–Crippen MR) is 94.8 cm³/mol. The number of benzene rings is 1. The van der Waals surface area contributed by atoms with E-state index < -0.39 is 0 Å². The number of hydrogen-bond donors (Lipinski definition) is 2. The molecule has 0 bridgehead atoms. The van der Waals surface area contributed by atoms with E-state index in [1.54, 1.807) is 12.4 Å². The maximum absolute atomic E-state index is 6.13. The Bertz CT molecular complexity index is 1030. The van der Waals surface area contributed by atoms with Crippen molar-refractivity contribution in [1.82, 2.24) is 19.9 Å². The van der Waals surface area contributed by atoms with E-state index in [9.17, 15) is 0 Å². The molecule has 1 aromatic carbocycles. The molecule has 6 heteroatoms. The van der Waals surface area contributed by atoms with E-state index >= 15 is 0 Å². The third-order valence-corrected chi connectivity index (χ3v) is 3.85. The minimum Gasteiger partial charge on any atom is -0.398 e. The maximum Gasteiger partial charge on any atom is 0.132 e. The fourth-order valence-electron chi connectivity index (χ4n) is 2.71. The van der Waals surface area contributed by atoms with Gasteiger partial charge in [0.1, 0.15) is 12.1 Å². The number of hydrogen-bond acceptors (Lipinski definition) is 6. The molecule has 0 spiro atoms. The highest BCUT2D eigenvalue weighted by Crippen LogP contribution is 2.32. The topological polar surface area (TPSA) is 104 Å². The average molecular weight is 314 g/mol. The van der Waals surface area contributed by atoms with E-state index in [-0.39, 0.29) is 0 Å². The van der Waals surface area contributed by atoms with Crippen molar-refractivity contribution >= 4 is 22.3 Å². The summed E-state index contributed by atoms with van der Waals surface area (Å²) in [4.78, 5) is 17.3. The molecule has 0 fully saturated rings. The SMILES string of the molecule is Nc1cccc2c(N)nc(-c3ncccc3-c3ccncn3)cc12. The molecule has 6 nitrogen and oxygen atoms in total. The Balaban J connectivity index is 1.98. The first-order valence-corrected chi connectivity index (χ1v) is 7.40. The van der Waals surface area contributed by atoms with Gasteiger partial charge in [0, 0.05) is 34.4 Å². The van der Waals surface area contributed by atoms with E-state index in [2.05, 4.69) is 19.9 Å². The molecule has 0 unspecified atom stereocenters. The van der Waals surface area contributed by atoms with Gasteiger partial charge < -0.3 is 11.5 Å². The van der Waals surface area contributed by atoms with E-state index in [1.807, 2.05) is 42.5 Å². The van der Waals surface area contributed by atoms with Crippen molar-refractivity contribution in [1.29, 1.82) is 0 Å². The van der Waals surface area contributed by atoms with Crippen molar-refractivity contribution in [3.63, 3.8) is 0 Å². The highest BCUT2D eigenvalue weighted by atomic mass is 14.9. The molecular formula is C18H14N6. The molecule has 0 aliphatic heterocycles. The van der Waals surface area contributed by atoms with Crippen molar-refractivity contribution in [2.24, 2.45) is 0 Å². The minimum absolute atomic E-state index is 0.425. The summed E-state index contributed by atoms with van der Waals surface area (Å²) in [6.45, 7) is 0.